The van der Waals surface area contributed by atoms with E-state index in [1.165, 1.54) is 106 Å². The SMILES string of the molecule is CC1=CCC=C(N(c2ccc(C)cc2)c2ccc(C3(c4ccc(N(C5=CCC=C(C)C=C5)c5ccc(C)cc5)cc4)CCCCCC3)cc2)C=C1. The van der Waals surface area contributed by atoms with Gasteiger partial charge >= 0.3 is 0 Å². The number of hydrogen-bond donors (Lipinski definition) is 0. The Morgan fingerprint density at radius 1 is 0.392 bits per heavy atom. The van der Waals surface area contributed by atoms with E-state index in [1.807, 2.05) is 0 Å². The molecule has 4 aromatic carbocycles. The molecule has 0 amide bonds. The average molecular weight is 669 g/mol. The molecule has 1 saturated carbocycles. The highest BCUT2D eigenvalue weighted by atomic mass is 15.2. The van der Waals surface area contributed by atoms with Crippen molar-refractivity contribution in [3.63, 3.8) is 0 Å². The van der Waals surface area contributed by atoms with Crippen LogP contribution in [0.25, 0.3) is 0 Å². The smallest absolute Gasteiger partial charge is 0.0461 e. The second kappa shape index (κ2) is 15.4. The summed E-state index contributed by atoms with van der Waals surface area (Å²) in [6.07, 6.45) is 27.6. The van der Waals surface area contributed by atoms with Crippen molar-refractivity contribution >= 4 is 22.7 Å². The minimum Gasteiger partial charge on any atom is -0.311 e. The normalized spacial score (nSPS) is 17.3. The Kier molecular flexibility index (Phi) is 10.4. The van der Waals surface area contributed by atoms with Crippen molar-refractivity contribution in [3.8, 4) is 0 Å². The van der Waals surface area contributed by atoms with Gasteiger partial charge in [-0.05, 0) is 125 Å². The molecule has 1 fully saturated rings. The monoisotopic (exact) mass is 668 g/mol. The van der Waals surface area contributed by atoms with Gasteiger partial charge in [-0.2, -0.15) is 0 Å². The molecular weight excluding hydrogens is 617 g/mol. The predicted molar refractivity (Wildman–Crippen MR) is 219 cm³/mol. The fourth-order valence-corrected chi connectivity index (χ4v) is 7.99. The van der Waals surface area contributed by atoms with Crippen molar-refractivity contribution in [1.29, 1.82) is 0 Å². The Labute approximate surface area is 306 Å². The van der Waals surface area contributed by atoms with Crippen LogP contribution in [0.2, 0.25) is 0 Å². The zero-order chi connectivity index (χ0) is 35.2. The van der Waals surface area contributed by atoms with Gasteiger partial charge in [0.25, 0.3) is 0 Å². The Bertz CT molecular complexity index is 1850. The van der Waals surface area contributed by atoms with Gasteiger partial charge in [0.1, 0.15) is 0 Å². The lowest BCUT2D eigenvalue weighted by Crippen LogP contribution is -2.27. The molecule has 0 N–H and O–H groups in total. The summed E-state index contributed by atoms with van der Waals surface area (Å²) in [4.78, 5) is 4.82. The number of hydrogen-bond acceptors (Lipinski definition) is 2. The highest BCUT2D eigenvalue weighted by molar-refractivity contribution is 5.73. The average Bonchev–Trinajstić information content (AvgIpc) is 3.63. The van der Waals surface area contributed by atoms with E-state index >= 15 is 0 Å². The summed E-state index contributed by atoms with van der Waals surface area (Å²) in [5.41, 5.74) is 15.2. The molecule has 258 valence electrons. The first-order valence-electron chi connectivity index (χ1n) is 18.9. The Morgan fingerprint density at radius 2 is 0.745 bits per heavy atom. The Morgan fingerprint density at radius 3 is 1.12 bits per heavy atom. The van der Waals surface area contributed by atoms with Gasteiger partial charge in [0, 0.05) is 39.6 Å². The molecule has 0 atom stereocenters. The summed E-state index contributed by atoms with van der Waals surface area (Å²) in [7, 11) is 0. The van der Waals surface area contributed by atoms with Crippen LogP contribution in [0.4, 0.5) is 22.7 Å². The summed E-state index contributed by atoms with van der Waals surface area (Å²) >= 11 is 0. The first-order valence-corrected chi connectivity index (χ1v) is 18.9. The molecule has 0 bridgehead atoms. The van der Waals surface area contributed by atoms with Gasteiger partial charge in [0.15, 0.2) is 0 Å². The van der Waals surface area contributed by atoms with E-state index in [4.69, 9.17) is 0 Å². The maximum absolute atomic E-state index is 2.43. The number of nitrogens with zero attached hydrogens (tertiary/aromatic N) is 2. The first-order chi connectivity index (χ1) is 24.9. The third kappa shape index (κ3) is 7.66. The van der Waals surface area contributed by atoms with E-state index in [0.717, 1.165) is 12.8 Å². The van der Waals surface area contributed by atoms with Crippen molar-refractivity contribution < 1.29 is 0 Å². The van der Waals surface area contributed by atoms with Crippen LogP contribution < -0.4 is 9.80 Å². The van der Waals surface area contributed by atoms with Gasteiger partial charge in [0.2, 0.25) is 0 Å². The maximum Gasteiger partial charge on any atom is 0.0461 e. The molecule has 0 radical (unpaired) electrons. The van der Waals surface area contributed by atoms with Crippen LogP contribution in [0, 0.1) is 13.8 Å². The van der Waals surface area contributed by atoms with E-state index < -0.39 is 0 Å². The highest BCUT2D eigenvalue weighted by Gasteiger charge is 2.35. The lowest BCUT2D eigenvalue weighted by Gasteiger charge is -2.36. The third-order valence-electron chi connectivity index (χ3n) is 11.0. The highest BCUT2D eigenvalue weighted by Crippen LogP contribution is 2.46. The van der Waals surface area contributed by atoms with Crippen LogP contribution in [0.1, 0.15) is 87.5 Å². The molecule has 0 aromatic heterocycles. The maximum atomic E-state index is 2.43. The second-order valence-corrected chi connectivity index (χ2v) is 14.7. The summed E-state index contributed by atoms with van der Waals surface area (Å²) in [6, 6.07) is 37.0. The van der Waals surface area contributed by atoms with Crippen LogP contribution in [-0.2, 0) is 5.41 Å². The van der Waals surface area contributed by atoms with E-state index in [-0.39, 0.29) is 5.41 Å². The Hall–Kier alpha value is -5.08. The van der Waals surface area contributed by atoms with Crippen molar-refractivity contribution in [2.45, 2.75) is 84.5 Å². The number of allylic oxidation sites excluding steroid dienone is 10. The molecule has 0 saturated heterocycles. The molecule has 51 heavy (non-hydrogen) atoms. The zero-order valence-corrected chi connectivity index (χ0v) is 30.9. The number of rotatable bonds is 8. The molecule has 2 heteroatoms. The quantitative estimate of drug-likeness (QED) is 0.172. The van der Waals surface area contributed by atoms with Crippen LogP contribution in [0.5, 0.6) is 0 Å². The summed E-state index contributed by atoms with van der Waals surface area (Å²) in [6.45, 7) is 8.68. The van der Waals surface area contributed by atoms with Crippen LogP contribution in [-0.4, -0.2) is 0 Å². The molecule has 0 unspecified atom stereocenters. The summed E-state index contributed by atoms with van der Waals surface area (Å²) < 4.78 is 0. The molecular formula is C49H52N2. The fourth-order valence-electron chi connectivity index (χ4n) is 7.99. The van der Waals surface area contributed by atoms with Crippen LogP contribution in [0.15, 0.2) is 168 Å². The van der Waals surface area contributed by atoms with Gasteiger partial charge < -0.3 is 9.80 Å². The number of anilines is 4. The predicted octanol–water partition coefficient (Wildman–Crippen LogP) is 13.8. The van der Waals surface area contributed by atoms with Gasteiger partial charge in [0.05, 0.1) is 0 Å². The van der Waals surface area contributed by atoms with E-state index in [9.17, 15) is 0 Å². The van der Waals surface area contributed by atoms with E-state index in [2.05, 4.69) is 183 Å². The largest absolute Gasteiger partial charge is 0.311 e. The summed E-state index contributed by atoms with van der Waals surface area (Å²) in [5.74, 6) is 0. The van der Waals surface area contributed by atoms with Crippen molar-refractivity contribution in [2.75, 3.05) is 9.80 Å². The Balaban J connectivity index is 1.26. The van der Waals surface area contributed by atoms with Crippen LogP contribution in [0.3, 0.4) is 0 Å². The van der Waals surface area contributed by atoms with Gasteiger partial charge in [-0.25, -0.2) is 0 Å². The third-order valence-corrected chi connectivity index (χ3v) is 11.0. The molecule has 0 spiro atoms. The molecule has 3 aliphatic rings. The number of aryl methyl sites for hydroxylation is 2. The second-order valence-electron chi connectivity index (χ2n) is 14.7. The zero-order valence-electron chi connectivity index (χ0n) is 30.9. The molecule has 3 aliphatic carbocycles. The first kappa shape index (κ1) is 34.4. The van der Waals surface area contributed by atoms with Crippen molar-refractivity contribution in [1.82, 2.24) is 0 Å². The minimum atomic E-state index is -0.0119. The fraction of sp³-hybridized carbons (Fsp3) is 0.265. The number of benzene rings is 4. The lowest BCUT2D eigenvalue weighted by atomic mass is 9.69. The summed E-state index contributed by atoms with van der Waals surface area (Å²) in [5, 5.41) is 0. The topological polar surface area (TPSA) is 6.48 Å². The van der Waals surface area contributed by atoms with E-state index in [0.29, 0.717) is 0 Å². The van der Waals surface area contributed by atoms with Gasteiger partial charge in [-0.15, -0.1) is 0 Å². The van der Waals surface area contributed by atoms with Gasteiger partial charge in [-0.1, -0.05) is 133 Å². The van der Waals surface area contributed by atoms with E-state index in [1.54, 1.807) is 0 Å². The van der Waals surface area contributed by atoms with Crippen molar-refractivity contribution in [3.05, 3.63) is 190 Å². The molecule has 7 rings (SSSR count). The molecule has 2 nitrogen and oxygen atoms in total. The van der Waals surface area contributed by atoms with Crippen LogP contribution >= 0.6 is 0 Å². The molecule has 4 aromatic rings. The minimum absolute atomic E-state index is 0.0119. The van der Waals surface area contributed by atoms with Gasteiger partial charge in [-0.3, -0.25) is 0 Å². The van der Waals surface area contributed by atoms with Crippen molar-refractivity contribution in [2.24, 2.45) is 0 Å². The lowest BCUT2D eigenvalue weighted by molar-refractivity contribution is 0.446. The standard InChI is InChI=1S/C49H52N2/c1-37-11-9-13-43(25-15-37)50(45-27-17-39(3)18-28-45)47-31-21-41(22-32-47)49(35-7-5-6-8-36-49)42-23-33-48(34-24-42)51(46-29-19-40(4)20-30-46)44-14-10-12-38(2)16-26-44/h11-34H,5-10,35-36H2,1-4H3. The molecule has 0 aliphatic heterocycles. The molecule has 0 heterocycles.